The van der Waals surface area contributed by atoms with Gasteiger partial charge in [-0.05, 0) is 16.3 Å². The summed E-state index contributed by atoms with van der Waals surface area (Å²) in [5, 5.41) is 13.8. The Hall–Kier alpha value is -1.63. The number of anilines is 1. The van der Waals surface area contributed by atoms with Gasteiger partial charge in [-0.2, -0.15) is 0 Å². The van der Waals surface area contributed by atoms with Gasteiger partial charge in [-0.15, -0.1) is 0 Å². The fraction of sp³-hybridized carbons (Fsp3) is 0.667. The molecule has 0 aliphatic rings. The second-order valence-corrected chi connectivity index (χ2v) is 3.49. The van der Waals surface area contributed by atoms with E-state index < -0.39 is 4.92 Å². The van der Waals surface area contributed by atoms with Crippen LogP contribution in [0.4, 0.5) is 11.6 Å². The van der Waals surface area contributed by atoms with Crippen LogP contribution in [0.15, 0.2) is 6.33 Å². The molecule has 16 heavy (non-hydrogen) atoms. The molecule has 0 spiro atoms. The van der Waals surface area contributed by atoms with Gasteiger partial charge in [0, 0.05) is 14.2 Å². The van der Waals surface area contributed by atoms with Crippen molar-refractivity contribution in [2.45, 2.75) is 19.4 Å². The monoisotopic (exact) mass is 228 g/mol. The number of imidazole rings is 1. The predicted octanol–water partition coefficient (Wildman–Crippen LogP) is 1.17. The Morgan fingerprint density at radius 1 is 1.75 bits per heavy atom. The molecule has 0 bridgehead atoms. The fourth-order valence-electron chi connectivity index (χ4n) is 1.37. The van der Waals surface area contributed by atoms with Gasteiger partial charge in [-0.25, -0.2) is 0 Å². The highest BCUT2D eigenvalue weighted by atomic mass is 16.6. The Morgan fingerprint density at radius 2 is 2.44 bits per heavy atom. The molecule has 90 valence electrons. The number of rotatable bonds is 6. The van der Waals surface area contributed by atoms with Crippen LogP contribution in [-0.2, 0) is 11.8 Å². The molecule has 7 nitrogen and oxygen atoms in total. The zero-order valence-electron chi connectivity index (χ0n) is 9.64. The van der Waals surface area contributed by atoms with Gasteiger partial charge in [0.1, 0.15) is 0 Å². The van der Waals surface area contributed by atoms with E-state index in [-0.39, 0.29) is 11.9 Å². The first-order valence-electron chi connectivity index (χ1n) is 5.01. The van der Waals surface area contributed by atoms with E-state index >= 15 is 0 Å². The highest BCUT2D eigenvalue weighted by molar-refractivity contribution is 5.52. The number of hydrogen-bond donors (Lipinski definition) is 1. The Bertz CT molecular complexity index is 364. The van der Waals surface area contributed by atoms with Crippen molar-refractivity contribution < 1.29 is 9.66 Å². The second kappa shape index (κ2) is 5.45. The summed E-state index contributed by atoms with van der Waals surface area (Å²) >= 11 is 0. The minimum absolute atomic E-state index is 0.0408. The Labute approximate surface area is 93.6 Å². The smallest absolute Gasteiger partial charge is 0.383 e. The van der Waals surface area contributed by atoms with Crippen LogP contribution in [0.3, 0.4) is 0 Å². The molecule has 0 saturated heterocycles. The lowest BCUT2D eigenvalue weighted by atomic mass is 10.2. The van der Waals surface area contributed by atoms with E-state index in [2.05, 4.69) is 10.3 Å². The summed E-state index contributed by atoms with van der Waals surface area (Å²) in [4.78, 5) is 13.9. The van der Waals surface area contributed by atoms with Crippen LogP contribution >= 0.6 is 0 Å². The molecule has 0 radical (unpaired) electrons. The van der Waals surface area contributed by atoms with Gasteiger partial charge >= 0.3 is 5.82 Å². The van der Waals surface area contributed by atoms with Crippen molar-refractivity contribution in [3.63, 3.8) is 0 Å². The molecule has 1 aromatic heterocycles. The summed E-state index contributed by atoms with van der Waals surface area (Å²) < 4.78 is 6.62. The average Bonchev–Trinajstić information content (AvgIpc) is 2.60. The predicted molar refractivity (Wildman–Crippen MR) is 59.4 cm³/mol. The van der Waals surface area contributed by atoms with Crippen molar-refractivity contribution in [1.29, 1.82) is 0 Å². The normalized spacial score (nSPS) is 12.4. The second-order valence-electron chi connectivity index (χ2n) is 3.49. The molecule has 0 fully saturated rings. The summed E-state index contributed by atoms with van der Waals surface area (Å²) in [6.07, 6.45) is 2.23. The molecule has 1 unspecified atom stereocenters. The van der Waals surface area contributed by atoms with E-state index in [4.69, 9.17) is 4.74 Å². The maximum absolute atomic E-state index is 10.7. The molecule has 1 heterocycles. The molecule has 0 aliphatic heterocycles. The lowest BCUT2D eigenvalue weighted by Gasteiger charge is -2.16. The number of aromatic nitrogens is 2. The SMILES string of the molecule is CCC(COC)Nc1c([N+](=O)[O-])ncn1C. The Balaban J connectivity index is 2.85. The topological polar surface area (TPSA) is 82.2 Å². The van der Waals surface area contributed by atoms with Crippen LogP contribution in [0.2, 0.25) is 0 Å². The van der Waals surface area contributed by atoms with Gasteiger partial charge in [0.15, 0.2) is 0 Å². The third-order valence-electron chi connectivity index (χ3n) is 2.29. The van der Waals surface area contributed by atoms with E-state index in [0.29, 0.717) is 12.4 Å². The summed E-state index contributed by atoms with van der Waals surface area (Å²) in [5.74, 6) is 0.256. The molecule has 0 aliphatic carbocycles. The first kappa shape index (κ1) is 12.4. The first-order chi connectivity index (χ1) is 7.60. The largest absolute Gasteiger partial charge is 0.406 e. The average molecular weight is 228 g/mol. The number of aryl methyl sites for hydroxylation is 1. The standard InChI is InChI=1S/C9H16N4O3/c1-4-7(5-16-3)11-9-8(13(14)15)10-6-12(9)2/h6-7,11H,4-5H2,1-3H3. The molecule has 1 atom stereocenters. The summed E-state index contributed by atoms with van der Waals surface area (Å²) in [6, 6.07) is 0.0408. The van der Waals surface area contributed by atoms with Crippen LogP contribution < -0.4 is 5.32 Å². The van der Waals surface area contributed by atoms with Crippen molar-refractivity contribution in [2.75, 3.05) is 19.0 Å². The maximum atomic E-state index is 10.7. The van der Waals surface area contributed by atoms with Gasteiger partial charge in [0.25, 0.3) is 0 Å². The molecule has 0 amide bonds. The van der Waals surface area contributed by atoms with Crippen LogP contribution in [0.1, 0.15) is 13.3 Å². The number of nitrogens with one attached hydrogen (secondary N) is 1. The Morgan fingerprint density at radius 3 is 2.94 bits per heavy atom. The lowest BCUT2D eigenvalue weighted by molar-refractivity contribution is -0.388. The minimum atomic E-state index is -0.498. The zero-order valence-corrected chi connectivity index (χ0v) is 9.64. The zero-order chi connectivity index (χ0) is 12.1. The van der Waals surface area contributed by atoms with Gasteiger partial charge in [-0.1, -0.05) is 6.92 Å². The quantitative estimate of drug-likeness (QED) is 0.583. The molecule has 0 aromatic carbocycles. The summed E-state index contributed by atoms with van der Waals surface area (Å²) in [7, 11) is 3.31. The third-order valence-corrected chi connectivity index (χ3v) is 2.29. The molecular formula is C9H16N4O3. The number of nitro groups is 1. The highest BCUT2D eigenvalue weighted by Crippen LogP contribution is 2.22. The minimum Gasteiger partial charge on any atom is -0.383 e. The van der Waals surface area contributed by atoms with E-state index in [1.807, 2.05) is 6.92 Å². The van der Waals surface area contributed by atoms with Crippen molar-refractivity contribution in [2.24, 2.45) is 7.05 Å². The maximum Gasteiger partial charge on any atom is 0.406 e. The third kappa shape index (κ3) is 2.69. The van der Waals surface area contributed by atoms with E-state index in [0.717, 1.165) is 6.42 Å². The number of ether oxygens (including phenoxy) is 1. The number of methoxy groups -OCH3 is 1. The van der Waals surface area contributed by atoms with Gasteiger partial charge < -0.3 is 20.2 Å². The van der Waals surface area contributed by atoms with Gasteiger partial charge in [0.05, 0.1) is 12.6 Å². The highest BCUT2D eigenvalue weighted by Gasteiger charge is 2.21. The van der Waals surface area contributed by atoms with Crippen molar-refractivity contribution in [3.05, 3.63) is 16.4 Å². The van der Waals surface area contributed by atoms with Crippen molar-refractivity contribution in [1.82, 2.24) is 9.55 Å². The molecule has 7 heteroatoms. The fourth-order valence-corrected chi connectivity index (χ4v) is 1.37. The van der Waals surface area contributed by atoms with Crippen LogP contribution in [0.25, 0.3) is 0 Å². The van der Waals surface area contributed by atoms with E-state index in [9.17, 15) is 10.1 Å². The molecule has 1 rings (SSSR count). The lowest BCUT2D eigenvalue weighted by Crippen LogP contribution is -2.25. The van der Waals surface area contributed by atoms with Crippen molar-refractivity contribution in [3.8, 4) is 0 Å². The van der Waals surface area contributed by atoms with Crippen LogP contribution in [0, 0.1) is 10.1 Å². The van der Waals surface area contributed by atoms with Gasteiger partial charge in [-0.3, -0.25) is 4.57 Å². The number of hydrogen-bond acceptors (Lipinski definition) is 5. The van der Waals surface area contributed by atoms with E-state index in [1.54, 1.807) is 18.7 Å². The van der Waals surface area contributed by atoms with Gasteiger partial charge in [0.2, 0.25) is 12.1 Å². The molecule has 1 aromatic rings. The summed E-state index contributed by atoms with van der Waals surface area (Å²) in [5.41, 5.74) is 0. The van der Waals surface area contributed by atoms with Crippen LogP contribution in [-0.4, -0.2) is 34.2 Å². The first-order valence-corrected chi connectivity index (χ1v) is 5.01. The molecule has 0 saturated carbocycles. The Kier molecular flexibility index (Phi) is 4.24. The van der Waals surface area contributed by atoms with Crippen molar-refractivity contribution >= 4 is 11.6 Å². The number of nitrogens with zero attached hydrogens (tertiary/aromatic N) is 3. The summed E-state index contributed by atoms with van der Waals surface area (Å²) in [6.45, 7) is 2.48. The van der Waals surface area contributed by atoms with Crippen LogP contribution in [0.5, 0.6) is 0 Å². The molecule has 1 N–H and O–H groups in total. The van der Waals surface area contributed by atoms with E-state index in [1.165, 1.54) is 6.33 Å². The molecular weight excluding hydrogens is 212 g/mol.